The molecule has 0 spiro atoms. The van der Waals surface area contributed by atoms with Crippen LogP contribution in [0.1, 0.15) is 33.1 Å². The van der Waals surface area contributed by atoms with Gasteiger partial charge in [-0.15, -0.1) is 0 Å². The third-order valence-corrected chi connectivity index (χ3v) is 1.78. The van der Waals surface area contributed by atoms with Crippen LogP contribution < -0.4 is 5.32 Å². The molecule has 5 heteroatoms. The van der Waals surface area contributed by atoms with Gasteiger partial charge in [-0.2, -0.15) is 0 Å². The van der Waals surface area contributed by atoms with Crippen molar-refractivity contribution in [2.45, 2.75) is 39.2 Å². The maximum absolute atomic E-state index is 11.2. The van der Waals surface area contributed by atoms with Crippen LogP contribution in [0.3, 0.4) is 0 Å². The summed E-state index contributed by atoms with van der Waals surface area (Å²) < 4.78 is 5.04. The highest BCUT2D eigenvalue weighted by molar-refractivity contribution is 5.77. The molecule has 15 heavy (non-hydrogen) atoms. The van der Waals surface area contributed by atoms with Crippen LogP contribution in [0.25, 0.3) is 0 Å². The number of rotatable bonds is 8. The fourth-order valence-corrected chi connectivity index (χ4v) is 1.04. The van der Waals surface area contributed by atoms with Gasteiger partial charge in [-0.05, 0) is 19.8 Å². The standard InChI is InChI=1S/C10H19NO4/c1-3-6-15-7-9(12)11-8(2)4-5-10(13)14/h8H,3-7H2,1-2H3,(H,11,12)(H,13,14). The highest BCUT2D eigenvalue weighted by Crippen LogP contribution is 1.96. The maximum atomic E-state index is 11.2. The predicted octanol–water partition coefficient (Wildman–Crippen LogP) is 0.782. The normalized spacial score (nSPS) is 12.1. The molecule has 0 aromatic carbocycles. The lowest BCUT2D eigenvalue weighted by Gasteiger charge is -2.12. The lowest BCUT2D eigenvalue weighted by molar-refractivity contribution is -0.137. The van der Waals surface area contributed by atoms with E-state index in [0.717, 1.165) is 6.42 Å². The van der Waals surface area contributed by atoms with E-state index in [1.807, 2.05) is 6.92 Å². The Bertz CT molecular complexity index is 206. The number of hydrogen-bond donors (Lipinski definition) is 2. The Morgan fingerprint density at radius 2 is 2.13 bits per heavy atom. The largest absolute Gasteiger partial charge is 0.481 e. The Morgan fingerprint density at radius 3 is 2.67 bits per heavy atom. The zero-order valence-electron chi connectivity index (χ0n) is 9.28. The number of nitrogens with one attached hydrogen (secondary N) is 1. The molecule has 1 amide bonds. The molecular formula is C10H19NO4. The van der Waals surface area contributed by atoms with Gasteiger partial charge in [-0.25, -0.2) is 0 Å². The van der Waals surface area contributed by atoms with Crippen molar-refractivity contribution >= 4 is 11.9 Å². The van der Waals surface area contributed by atoms with Crippen LogP contribution in [0, 0.1) is 0 Å². The van der Waals surface area contributed by atoms with Crippen molar-refractivity contribution in [3.05, 3.63) is 0 Å². The van der Waals surface area contributed by atoms with Gasteiger partial charge < -0.3 is 15.2 Å². The third kappa shape index (κ3) is 9.21. The molecule has 5 nitrogen and oxygen atoms in total. The second-order valence-corrected chi connectivity index (χ2v) is 3.45. The Hall–Kier alpha value is -1.10. The quantitative estimate of drug-likeness (QED) is 0.589. The molecule has 0 aliphatic heterocycles. The first-order chi connectivity index (χ1) is 7.06. The van der Waals surface area contributed by atoms with Crippen molar-refractivity contribution in [2.75, 3.05) is 13.2 Å². The molecule has 0 rings (SSSR count). The summed E-state index contributed by atoms with van der Waals surface area (Å²) in [5.41, 5.74) is 0. The lowest BCUT2D eigenvalue weighted by Crippen LogP contribution is -2.35. The summed E-state index contributed by atoms with van der Waals surface area (Å²) in [6, 6.07) is -0.126. The van der Waals surface area contributed by atoms with Gasteiger partial charge in [0.05, 0.1) is 0 Å². The second kappa shape index (κ2) is 8.23. The van der Waals surface area contributed by atoms with Crippen molar-refractivity contribution in [2.24, 2.45) is 0 Å². The van der Waals surface area contributed by atoms with Crippen molar-refractivity contribution < 1.29 is 19.4 Å². The van der Waals surface area contributed by atoms with Crippen LogP contribution in [0.15, 0.2) is 0 Å². The average molecular weight is 217 g/mol. The Morgan fingerprint density at radius 1 is 1.47 bits per heavy atom. The van der Waals surface area contributed by atoms with E-state index >= 15 is 0 Å². The van der Waals surface area contributed by atoms with Gasteiger partial charge in [0.2, 0.25) is 5.91 Å². The van der Waals surface area contributed by atoms with E-state index in [-0.39, 0.29) is 25.0 Å². The van der Waals surface area contributed by atoms with E-state index in [9.17, 15) is 9.59 Å². The molecule has 2 N–H and O–H groups in total. The molecule has 0 aromatic heterocycles. The maximum Gasteiger partial charge on any atom is 0.303 e. The molecule has 0 fully saturated rings. The average Bonchev–Trinajstić information content (AvgIpc) is 2.15. The van der Waals surface area contributed by atoms with Gasteiger partial charge in [-0.1, -0.05) is 6.92 Å². The summed E-state index contributed by atoms with van der Waals surface area (Å²) in [7, 11) is 0. The first-order valence-corrected chi connectivity index (χ1v) is 5.15. The van der Waals surface area contributed by atoms with Crippen LogP contribution in [0.5, 0.6) is 0 Å². The van der Waals surface area contributed by atoms with E-state index in [1.165, 1.54) is 0 Å². The molecule has 0 aromatic rings. The molecule has 0 saturated heterocycles. The van der Waals surface area contributed by atoms with Gasteiger partial charge in [-0.3, -0.25) is 9.59 Å². The van der Waals surface area contributed by atoms with Crippen LogP contribution >= 0.6 is 0 Å². The molecule has 0 aliphatic rings. The Labute approximate surface area is 89.8 Å². The van der Waals surface area contributed by atoms with Gasteiger partial charge in [0.25, 0.3) is 0 Å². The van der Waals surface area contributed by atoms with Gasteiger partial charge in [0.1, 0.15) is 6.61 Å². The van der Waals surface area contributed by atoms with E-state index in [0.29, 0.717) is 13.0 Å². The lowest BCUT2D eigenvalue weighted by atomic mass is 10.2. The minimum absolute atomic E-state index is 0.0469. The zero-order chi connectivity index (χ0) is 11.7. The SMILES string of the molecule is CCCOCC(=O)NC(C)CCC(=O)O. The van der Waals surface area contributed by atoms with Gasteiger partial charge in [0, 0.05) is 19.1 Å². The van der Waals surface area contributed by atoms with E-state index < -0.39 is 5.97 Å². The third-order valence-electron chi connectivity index (χ3n) is 1.78. The molecular weight excluding hydrogens is 198 g/mol. The summed E-state index contributed by atoms with van der Waals surface area (Å²) in [5.74, 6) is -1.04. The van der Waals surface area contributed by atoms with Crippen molar-refractivity contribution in [1.29, 1.82) is 0 Å². The first-order valence-electron chi connectivity index (χ1n) is 5.15. The van der Waals surface area contributed by atoms with Crippen LogP contribution in [0.4, 0.5) is 0 Å². The number of amides is 1. The number of ether oxygens (including phenoxy) is 1. The van der Waals surface area contributed by atoms with E-state index in [4.69, 9.17) is 9.84 Å². The monoisotopic (exact) mass is 217 g/mol. The zero-order valence-corrected chi connectivity index (χ0v) is 9.28. The van der Waals surface area contributed by atoms with E-state index in [1.54, 1.807) is 6.92 Å². The van der Waals surface area contributed by atoms with Gasteiger partial charge in [0.15, 0.2) is 0 Å². The van der Waals surface area contributed by atoms with Gasteiger partial charge >= 0.3 is 5.97 Å². The molecule has 0 aliphatic carbocycles. The molecule has 0 radical (unpaired) electrons. The Kier molecular flexibility index (Phi) is 7.62. The van der Waals surface area contributed by atoms with Crippen molar-refractivity contribution in [3.8, 4) is 0 Å². The van der Waals surface area contributed by atoms with Crippen LogP contribution in [0.2, 0.25) is 0 Å². The highest BCUT2D eigenvalue weighted by Gasteiger charge is 2.08. The number of carboxylic acid groups (broad SMARTS) is 1. The fraction of sp³-hybridized carbons (Fsp3) is 0.800. The predicted molar refractivity (Wildman–Crippen MR) is 55.6 cm³/mol. The molecule has 1 atom stereocenters. The second-order valence-electron chi connectivity index (χ2n) is 3.45. The van der Waals surface area contributed by atoms with Crippen molar-refractivity contribution in [3.63, 3.8) is 0 Å². The number of hydrogen-bond acceptors (Lipinski definition) is 3. The summed E-state index contributed by atoms with van der Waals surface area (Å²) in [4.78, 5) is 21.5. The number of aliphatic carboxylic acids is 1. The minimum Gasteiger partial charge on any atom is -0.481 e. The Balaban J connectivity index is 3.53. The number of carbonyl (C=O) groups excluding carboxylic acids is 1. The highest BCUT2D eigenvalue weighted by atomic mass is 16.5. The number of carboxylic acids is 1. The number of carbonyl (C=O) groups is 2. The smallest absolute Gasteiger partial charge is 0.303 e. The fourth-order valence-electron chi connectivity index (χ4n) is 1.04. The summed E-state index contributed by atoms with van der Waals surface area (Å²) in [5, 5.41) is 11.1. The van der Waals surface area contributed by atoms with E-state index in [2.05, 4.69) is 5.32 Å². The molecule has 1 unspecified atom stereocenters. The van der Waals surface area contributed by atoms with Crippen LogP contribution in [-0.2, 0) is 14.3 Å². The first kappa shape index (κ1) is 13.9. The molecule has 0 heterocycles. The van der Waals surface area contributed by atoms with Crippen molar-refractivity contribution in [1.82, 2.24) is 5.32 Å². The summed E-state index contributed by atoms with van der Waals surface area (Å²) in [6.07, 6.45) is 1.38. The molecule has 0 bridgehead atoms. The summed E-state index contributed by atoms with van der Waals surface area (Å²) in [6.45, 7) is 4.36. The molecule has 0 saturated carbocycles. The van der Waals surface area contributed by atoms with Crippen LogP contribution in [-0.4, -0.2) is 36.2 Å². The minimum atomic E-state index is -0.849. The summed E-state index contributed by atoms with van der Waals surface area (Å²) >= 11 is 0. The topological polar surface area (TPSA) is 75.6 Å². The molecule has 88 valence electrons.